The average molecular weight is 407 g/mol. The minimum atomic E-state index is -1.95. The molecule has 0 spiro atoms. The Morgan fingerprint density at radius 2 is 1.80 bits per heavy atom. The molecule has 1 aromatic heterocycles. The molecule has 7 nitrogen and oxygen atoms in total. The Kier molecular flexibility index (Phi) is 5.29. The summed E-state index contributed by atoms with van der Waals surface area (Å²) >= 11 is 0. The zero-order valence-electron chi connectivity index (χ0n) is 16.4. The van der Waals surface area contributed by atoms with Crippen LogP contribution in [0.3, 0.4) is 0 Å². The number of hydrogen-bond acceptors (Lipinski definition) is 6. The summed E-state index contributed by atoms with van der Waals surface area (Å²) in [6.07, 6.45) is 0.976. The molecule has 0 saturated heterocycles. The summed E-state index contributed by atoms with van der Waals surface area (Å²) in [4.78, 5) is 27.1. The van der Waals surface area contributed by atoms with E-state index in [1.807, 2.05) is 12.1 Å². The number of hydrogen-bond donors (Lipinski definition) is 1. The maximum Gasteiger partial charge on any atom is 0.264 e. The number of Topliss-reactive ketones (excluding diaryl/α,β-unsaturated/α-hetero) is 1. The fraction of sp³-hybridized carbons (Fsp3) is 0.217. The molecule has 0 unspecified atom stereocenters. The summed E-state index contributed by atoms with van der Waals surface area (Å²) in [6.45, 7) is 0.383. The van der Waals surface area contributed by atoms with Crippen molar-refractivity contribution in [1.29, 1.82) is 0 Å². The Labute approximate surface area is 173 Å². The Bertz CT molecular complexity index is 1060. The molecule has 1 aliphatic rings. The summed E-state index contributed by atoms with van der Waals surface area (Å²) in [5, 5.41) is 11.2. The number of rotatable bonds is 8. The van der Waals surface area contributed by atoms with E-state index in [1.54, 1.807) is 49.6 Å². The SMILES string of the molecule is COc1ccccc1OCCN1C(=O)[C@@](O)(CC(=O)c2ccco2)c2ccccc21. The standard InChI is InChI=1S/C23H21NO6/c1-28-20-9-4-5-10-21(20)30-14-12-24-17-8-3-2-7-16(17)23(27,22(24)26)15-18(25)19-11-6-13-29-19/h2-11,13,27H,12,14-15H2,1H3/t23-/m1/s1. The lowest BCUT2D eigenvalue weighted by Gasteiger charge is -2.22. The highest BCUT2D eigenvalue weighted by Crippen LogP contribution is 2.42. The Morgan fingerprint density at radius 3 is 2.53 bits per heavy atom. The first-order valence-electron chi connectivity index (χ1n) is 9.51. The fourth-order valence-electron chi connectivity index (χ4n) is 3.64. The number of amides is 1. The molecule has 1 atom stereocenters. The number of aliphatic hydroxyl groups is 1. The van der Waals surface area contributed by atoms with E-state index in [1.165, 1.54) is 17.2 Å². The topological polar surface area (TPSA) is 89.2 Å². The van der Waals surface area contributed by atoms with Crippen LogP contribution in [0.15, 0.2) is 71.3 Å². The van der Waals surface area contributed by atoms with Gasteiger partial charge in [-0.2, -0.15) is 0 Å². The first kappa shape index (κ1) is 19.7. The molecule has 0 bridgehead atoms. The van der Waals surface area contributed by atoms with Crippen molar-refractivity contribution in [1.82, 2.24) is 0 Å². The number of carbonyl (C=O) groups is 2. The van der Waals surface area contributed by atoms with Crippen LogP contribution in [0.25, 0.3) is 0 Å². The van der Waals surface area contributed by atoms with Crippen molar-refractivity contribution in [3.63, 3.8) is 0 Å². The largest absolute Gasteiger partial charge is 0.493 e. The van der Waals surface area contributed by atoms with Gasteiger partial charge in [-0.15, -0.1) is 0 Å². The van der Waals surface area contributed by atoms with Crippen molar-refractivity contribution in [2.75, 3.05) is 25.2 Å². The fourth-order valence-corrected chi connectivity index (χ4v) is 3.64. The van der Waals surface area contributed by atoms with Crippen LogP contribution in [-0.4, -0.2) is 37.1 Å². The molecule has 1 amide bonds. The quantitative estimate of drug-likeness (QED) is 0.577. The van der Waals surface area contributed by atoms with Gasteiger partial charge >= 0.3 is 0 Å². The van der Waals surface area contributed by atoms with E-state index in [2.05, 4.69) is 0 Å². The first-order valence-corrected chi connectivity index (χ1v) is 9.51. The summed E-state index contributed by atoms with van der Waals surface area (Å²) in [6, 6.07) is 17.2. The zero-order valence-corrected chi connectivity index (χ0v) is 16.4. The summed E-state index contributed by atoms with van der Waals surface area (Å²) in [5.41, 5.74) is -1.00. The predicted octanol–water partition coefficient (Wildman–Crippen LogP) is 3.17. The highest BCUT2D eigenvalue weighted by Gasteiger charge is 2.51. The number of fused-ring (bicyclic) bond motifs is 1. The first-order chi connectivity index (χ1) is 14.5. The number of carbonyl (C=O) groups excluding carboxylic acids is 2. The highest BCUT2D eigenvalue weighted by atomic mass is 16.5. The van der Waals surface area contributed by atoms with Crippen LogP contribution < -0.4 is 14.4 Å². The highest BCUT2D eigenvalue weighted by molar-refractivity contribution is 6.10. The number of ketones is 1. The van der Waals surface area contributed by atoms with E-state index in [-0.39, 0.29) is 18.9 Å². The van der Waals surface area contributed by atoms with Gasteiger partial charge in [-0.1, -0.05) is 30.3 Å². The second-order valence-electron chi connectivity index (χ2n) is 6.91. The van der Waals surface area contributed by atoms with Crippen LogP contribution in [0, 0.1) is 0 Å². The minimum absolute atomic E-state index is 0.103. The van der Waals surface area contributed by atoms with Gasteiger partial charge in [-0.05, 0) is 30.3 Å². The molecule has 0 fully saturated rings. The number of methoxy groups -OCH3 is 1. The average Bonchev–Trinajstić information content (AvgIpc) is 3.37. The molecular formula is C23H21NO6. The molecule has 1 N–H and O–H groups in total. The van der Waals surface area contributed by atoms with Gasteiger partial charge in [0.1, 0.15) is 6.61 Å². The molecule has 154 valence electrons. The number of para-hydroxylation sites is 3. The molecule has 3 aromatic rings. The van der Waals surface area contributed by atoms with E-state index in [4.69, 9.17) is 13.9 Å². The molecule has 1 aliphatic heterocycles. The lowest BCUT2D eigenvalue weighted by atomic mass is 9.89. The van der Waals surface area contributed by atoms with E-state index in [9.17, 15) is 14.7 Å². The van der Waals surface area contributed by atoms with Crippen molar-refractivity contribution in [2.45, 2.75) is 12.0 Å². The lowest BCUT2D eigenvalue weighted by molar-refractivity contribution is -0.136. The van der Waals surface area contributed by atoms with Crippen molar-refractivity contribution >= 4 is 17.4 Å². The van der Waals surface area contributed by atoms with Crippen LogP contribution in [-0.2, 0) is 10.4 Å². The molecule has 30 heavy (non-hydrogen) atoms. The van der Waals surface area contributed by atoms with Gasteiger partial charge in [0.2, 0.25) is 5.78 Å². The van der Waals surface area contributed by atoms with Crippen LogP contribution in [0.2, 0.25) is 0 Å². The van der Waals surface area contributed by atoms with Crippen molar-refractivity contribution < 1.29 is 28.6 Å². The van der Waals surface area contributed by atoms with Gasteiger partial charge in [0, 0.05) is 5.56 Å². The Balaban J connectivity index is 1.53. The summed E-state index contributed by atoms with van der Waals surface area (Å²) < 4.78 is 16.2. The van der Waals surface area contributed by atoms with Gasteiger partial charge < -0.3 is 23.9 Å². The van der Waals surface area contributed by atoms with Gasteiger partial charge in [-0.3, -0.25) is 9.59 Å². The van der Waals surface area contributed by atoms with Gasteiger partial charge in [-0.25, -0.2) is 0 Å². The molecule has 0 saturated carbocycles. The number of nitrogens with zero attached hydrogens (tertiary/aromatic N) is 1. The second kappa shape index (κ2) is 8.04. The summed E-state index contributed by atoms with van der Waals surface area (Å²) in [5.74, 6) is 0.242. The third kappa shape index (κ3) is 3.44. The van der Waals surface area contributed by atoms with E-state index >= 15 is 0 Å². The van der Waals surface area contributed by atoms with Crippen LogP contribution in [0.4, 0.5) is 5.69 Å². The predicted molar refractivity (Wildman–Crippen MR) is 109 cm³/mol. The number of furan rings is 1. The van der Waals surface area contributed by atoms with E-state index in [0.717, 1.165) is 0 Å². The smallest absolute Gasteiger partial charge is 0.264 e. The lowest BCUT2D eigenvalue weighted by Crippen LogP contribution is -2.43. The number of ether oxygens (including phenoxy) is 2. The van der Waals surface area contributed by atoms with Crippen LogP contribution in [0.1, 0.15) is 22.5 Å². The van der Waals surface area contributed by atoms with Crippen molar-refractivity contribution in [3.05, 3.63) is 78.3 Å². The maximum atomic E-state index is 13.2. The Morgan fingerprint density at radius 1 is 1.07 bits per heavy atom. The van der Waals surface area contributed by atoms with E-state index in [0.29, 0.717) is 22.7 Å². The molecule has 7 heteroatoms. The third-order valence-corrected chi connectivity index (χ3v) is 5.09. The van der Waals surface area contributed by atoms with Crippen molar-refractivity contribution in [3.8, 4) is 11.5 Å². The maximum absolute atomic E-state index is 13.2. The van der Waals surface area contributed by atoms with Gasteiger partial charge in [0.25, 0.3) is 5.91 Å². The molecule has 2 aromatic carbocycles. The Hall–Kier alpha value is -3.58. The monoisotopic (exact) mass is 407 g/mol. The van der Waals surface area contributed by atoms with E-state index < -0.39 is 23.7 Å². The minimum Gasteiger partial charge on any atom is -0.493 e. The van der Waals surface area contributed by atoms with Gasteiger partial charge in [0.15, 0.2) is 22.9 Å². The zero-order chi connectivity index (χ0) is 21.1. The normalized spacial score (nSPS) is 17.7. The molecular weight excluding hydrogens is 386 g/mol. The van der Waals surface area contributed by atoms with Crippen LogP contribution in [0.5, 0.6) is 11.5 Å². The third-order valence-electron chi connectivity index (χ3n) is 5.09. The number of anilines is 1. The second-order valence-corrected chi connectivity index (χ2v) is 6.91. The van der Waals surface area contributed by atoms with Crippen LogP contribution >= 0.6 is 0 Å². The number of benzene rings is 2. The molecule has 2 heterocycles. The van der Waals surface area contributed by atoms with Gasteiger partial charge in [0.05, 0.1) is 32.0 Å². The molecule has 0 aliphatic carbocycles. The van der Waals surface area contributed by atoms with Crippen molar-refractivity contribution in [2.24, 2.45) is 0 Å². The molecule has 0 radical (unpaired) electrons. The molecule has 4 rings (SSSR count). The summed E-state index contributed by atoms with van der Waals surface area (Å²) in [7, 11) is 1.55.